The summed E-state index contributed by atoms with van der Waals surface area (Å²) in [5, 5.41) is 9.07. The van der Waals surface area contributed by atoms with Gasteiger partial charge in [0, 0.05) is 35.9 Å². The molecule has 0 radical (unpaired) electrons. The van der Waals surface area contributed by atoms with Crippen molar-refractivity contribution in [1.29, 1.82) is 0 Å². The lowest BCUT2D eigenvalue weighted by Gasteiger charge is -2.15. The van der Waals surface area contributed by atoms with Crippen molar-refractivity contribution in [3.63, 3.8) is 0 Å². The van der Waals surface area contributed by atoms with Crippen molar-refractivity contribution >= 4 is 10.0 Å². The van der Waals surface area contributed by atoms with E-state index in [0.717, 1.165) is 10.7 Å². The molecule has 2 heterocycles. The third-order valence-electron chi connectivity index (χ3n) is 3.24. The van der Waals surface area contributed by atoms with E-state index in [-0.39, 0.29) is 16.9 Å². The van der Waals surface area contributed by atoms with E-state index in [1.54, 1.807) is 0 Å². The van der Waals surface area contributed by atoms with Gasteiger partial charge >= 0.3 is 0 Å². The third-order valence-corrected chi connectivity index (χ3v) is 4.16. The number of hydrogen-bond acceptors (Lipinski definition) is 5. The summed E-state index contributed by atoms with van der Waals surface area (Å²) < 4.78 is 52.1. The van der Waals surface area contributed by atoms with Crippen LogP contribution >= 0.6 is 0 Å². The molecule has 0 saturated carbocycles. The molecule has 24 heavy (non-hydrogen) atoms. The highest BCUT2D eigenvalue weighted by atomic mass is 32.2. The molecule has 2 N–H and O–H groups in total. The average molecular weight is 351 g/mol. The molecule has 10 heteroatoms. The first kappa shape index (κ1) is 16.1. The van der Waals surface area contributed by atoms with E-state index < -0.39 is 26.9 Å². The molecule has 0 spiro atoms. The van der Waals surface area contributed by atoms with Crippen LogP contribution in [0.4, 0.5) is 8.78 Å². The van der Waals surface area contributed by atoms with Crippen LogP contribution in [0.15, 0.2) is 54.1 Å². The largest absolute Gasteiger partial charge is 0.265 e. The van der Waals surface area contributed by atoms with Crippen molar-refractivity contribution < 1.29 is 17.2 Å². The number of nitrogens with two attached hydrogens (primary N) is 1. The minimum absolute atomic E-state index is 0.165. The lowest BCUT2D eigenvalue weighted by molar-refractivity contribution is 0.151. The Hall–Kier alpha value is -2.72. The van der Waals surface area contributed by atoms with Gasteiger partial charge in [0.2, 0.25) is 10.0 Å². The number of primary sulfonamides is 1. The number of nitrogens with zero attached hydrogens (tertiary/aromatic N) is 4. The standard InChI is InChI=1S/C14H11F2N5O2S/c15-14(16)10-6-9(11-8-18-3-4-19-11)7-12(24(17,22)23)13(10)21-5-1-2-20-21/h1-8,14H,(H2,17,22,23). The highest BCUT2D eigenvalue weighted by Gasteiger charge is 2.25. The maximum atomic E-state index is 13.6. The molecule has 0 aliphatic heterocycles. The lowest BCUT2D eigenvalue weighted by Crippen LogP contribution is -2.17. The van der Waals surface area contributed by atoms with Gasteiger partial charge in [0.05, 0.1) is 17.6 Å². The summed E-state index contributed by atoms with van der Waals surface area (Å²) in [4.78, 5) is 7.38. The average Bonchev–Trinajstić information content (AvgIpc) is 3.07. The molecule has 0 amide bonds. The molecule has 2 aromatic heterocycles. The zero-order valence-electron chi connectivity index (χ0n) is 12.0. The van der Waals surface area contributed by atoms with Crippen molar-refractivity contribution in [2.75, 3.05) is 0 Å². The molecule has 0 aliphatic carbocycles. The number of sulfonamides is 1. The Morgan fingerprint density at radius 1 is 1.17 bits per heavy atom. The Bertz CT molecular complexity index is 960. The van der Waals surface area contributed by atoms with Gasteiger partial charge < -0.3 is 0 Å². The number of benzene rings is 1. The second-order valence-corrected chi connectivity index (χ2v) is 6.33. The molecular formula is C14H11F2N5O2S. The topological polar surface area (TPSA) is 104 Å². The first-order valence-electron chi connectivity index (χ1n) is 6.63. The molecule has 1 aromatic carbocycles. The van der Waals surface area contributed by atoms with Crippen molar-refractivity contribution in [2.45, 2.75) is 11.3 Å². The van der Waals surface area contributed by atoms with Crippen LogP contribution in [0.1, 0.15) is 12.0 Å². The summed E-state index contributed by atoms with van der Waals surface area (Å²) in [5.74, 6) is 0. The highest BCUT2D eigenvalue weighted by Crippen LogP contribution is 2.34. The quantitative estimate of drug-likeness (QED) is 0.773. The number of halogens is 2. The van der Waals surface area contributed by atoms with Gasteiger partial charge in [0.1, 0.15) is 4.90 Å². The molecule has 3 aromatic rings. The molecule has 0 aliphatic rings. The fourth-order valence-corrected chi connectivity index (χ4v) is 3.03. The minimum Gasteiger partial charge on any atom is -0.261 e. The van der Waals surface area contributed by atoms with Crippen LogP contribution in [0.2, 0.25) is 0 Å². The van der Waals surface area contributed by atoms with E-state index in [1.807, 2.05) is 0 Å². The smallest absolute Gasteiger partial charge is 0.261 e. The van der Waals surface area contributed by atoms with Crippen molar-refractivity contribution in [3.05, 3.63) is 54.7 Å². The predicted octanol–water partition coefficient (Wildman–Crippen LogP) is 1.91. The summed E-state index contributed by atoms with van der Waals surface area (Å²) in [6, 6.07) is 3.82. The number of alkyl halides is 2. The van der Waals surface area contributed by atoms with Gasteiger partial charge in [-0.2, -0.15) is 5.10 Å². The molecule has 0 atom stereocenters. The number of aromatic nitrogens is 4. The molecular weight excluding hydrogens is 340 g/mol. The molecule has 0 unspecified atom stereocenters. The van der Waals surface area contributed by atoms with Crippen LogP contribution in [0, 0.1) is 0 Å². The van der Waals surface area contributed by atoms with E-state index in [0.29, 0.717) is 0 Å². The second kappa shape index (κ2) is 6.06. The third kappa shape index (κ3) is 3.01. The lowest BCUT2D eigenvalue weighted by atomic mass is 10.1. The van der Waals surface area contributed by atoms with Crippen molar-refractivity contribution in [2.24, 2.45) is 5.14 Å². The Morgan fingerprint density at radius 2 is 1.96 bits per heavy atom. The van der Waals surface area contributed by atoms with E-state index in [1.165, 1.54) is 43.1 Å². The van der Waals surface area contributed by atoms with Crippen molar-refractivity contribution in [3.8, 4) is 16.9 Å². The minimum atomic E-state index is -4.29. The molecule has 3 rings (SSSR count). The van der Waals surface area contributed by atoms with E-state index in [4.69, 9.17) is 5.14 Å². The normalized spacial score (nSPS) is 11.8. The van der Waals surface area contributed by atoms with Crippen molar-refractivity contribution in [1.82, 2.24) is 19.7 Å². The first-order chi connectivity index (χ1) is 11.4. The first-order valence-corrected chi connectivity index (χ1v) is 8.18. The summed E-state index contributed by atoms with van der Waals surface area (Å²) in [6.07, 6.45) is 3.88. The van der Waals surface area contributed by atoms with Crippen LogP contribution in [0.25, 0.3) is 16.9 Å². The van der Waals surface area contributed by atoms with Gasteiger partial charge in [-0.1, -0.05) is 0 Å². The Morgan fingerprint density at radius 3 is 2.50 bits per heavy atom. The van der Waals surface area contributed by atoms with Crippen LogP contribution in [-0.2, 0) is 10.0 Å². The van der Waals surface area contributed by atoms with Crippen LogP contribution < -0.4 is 5.14 Å². The van der Waals surface area contributed by atoms with Crippen LogP contribution in [-0.4, -0.2) is 28.2 Å². The monoisotopic (exact) mass is 351 g/mol. The zero-order chi connectivity index (χ0) is 17.3. The maximum Gasteiger partial charge on any atom is 0.265 e. The SMILES string of the molecule is NS(=O)(=O)c1cc(-c2cnccn2)cc(C(F)F)c1-n1cccn1. The van der Waals surface area contributed by atoms with Gasteiger partial charge in [-0.15, -0.1) is 0 Å². The molecule has 7 nitrogen and oxygen atoms in total. The Kier molecular flexibility index (Phi) is 4.08. The summed E-state index contributed by atoms with van der Waals surface area (Å²) in [5.41, 5.74) is -0.398. The molecule has 0 fully saturated rings. The fraction of sp³-hybridized carbons (Fsp3) is 0.0714. The summed E-state index contributed by atoms with van der Waals surface area (Å²) in [6.45, 7) is 0. The Labute approximate surface area is 135 Å². The zero-order valence-corrected chi connectivity index (χ0v) is 12.9. The molecule has 124 valence electrons. The van der Waals surface area contributed by atoms with Gasteiger partial charge in [-0.25, -0.2) is 27.0 Å². The summed E-state index contributed by atoms with van der Waals surface area (Å²) >= 11 is 0. The Balaban J connectivity index is 2.37. The molecule has 0 saturated heterocycles. The van der Waals surface area contributed by atoms with E-state index in [2.05, 4.69) is 15.1 Å². The molecule has 0 bridgehead atoms. The van der Waals surface area contributed by atoms with Gasteiger partial charge in [-0.3, -0.25) is 9.97 Å². The van der Waals surface area contributed by atoms with Crippen LogP contribution in [0.3, 0.4) is 0 Å². The predicted molar refractivity (Wildman–Crippen MR) is 80.9 cm³/mol. The summed E-state index contributed by atoms with van der Waals surface area (Å²) in [7, 11) is -4.29. The van der Waals surface area contributed by atoms with Gasteiger partial charge in [-0.05, 0) is 18.2 Å². The van der Waals surface area contributed by atoms with Gasteiger partial charge in [0.15, 0.2) is 0 Å². The number of rotatable bonds is 4. The van der Waals surface area contributed by atoms with E-state index >= 15 is 0 Å². The van der Waals surface area contributed by atoms with Gasteiger partial charge in [0.25, 0.3) is 6.43 Å². The highest BCUT2D eigenvalue weighted by molar-refractivity contribution is 7.89. The maximum absolute atomic E-state index is 13.6. The number of hydrogen-bond donors (Lipinski definition) is 1. The fourth-order valence-electron chi connectivity index (χ4n) is 2.25. The van der Waals surface area contributed by atoms with E-state index in [9.17, 15) is 17.2 Å². The second-order valence-electron chi connectivity index (χ2n) is 4.80. The van der Waals surface area contributed by atoms with Crippen LogP contribution in [0.5, 0.6) is 0 Å².